The lowest BCUT2D eigenvalue weighted by Crippen LogP contribution is -2.27. The monoisotopic (exact) mass is 327 g/mol. The zero-order valence-electron chi connectivity index (χ0n) is 14.2. The van der Waals surface area contributed by atoms with Crippen molar-refractivity contribution in [2.45, 2.75) is 39.7 Å². The second kappa shape index (κ2) is 7.86. The van der Waals surface area contributed by atoms with Gasteiger partial charge in [0.05, 0.1) is 6.04 Å². The van der Waals surface area contributed by atoms with Crippen LogP contribution in [0.1, 0.15) is 52.9 Å². The van der Waals surface area contributed by atoms with Crippen LogP contribution in [0.3, 0.4) is 0 Å². The normalized spacial score (nSPS) is 11.8. The van der Waals surface area contributed by atoms with Crippen LogP contribution in [-0.2, 0) is 4.79 Å². The van der Waals surface area contributed by atoms with Gasteiger partial charge in [0.2, 0.25) is 5.91 Å². The lowest BCUT2D eigenvalue weighted by Gasteiger charge is -2.14. The van der Waals surface area contributed by atoms with Crippen molar-refractivity contribution in [1.82, 2.24) is 5.32 Å². The van der Waals surface area contributed by atoms with Crippen LogP contribution in [0.25, 0.3) is 0 Å². The minimum absolute atomic E-state index is 0.0392. The summed E-state index contributed by atoms with van der Waals surface area (Å²) in [5.41, 5.74) is 3.66. The molecule has 0 radical (unpaired) electrons. The lowest BCUT2D eigenvalue weighted by atomic mass is 10.0. The number of aryl methyl sites for hydroxylation is 2. The van der Waals surface area contributed by atoms with Crippen molar-refractivity contribution in [3.63, 3.8) is 0 Å². The van der Waals surface area contributed by atoms with Gasteiger partial charge in [-0.2, -0.15) is 0 Å². The zero-order valence-corrected chi connectivity index (χ0v) is 14.2. The Labute approximate surface area is 141 Å². The molecule has 0 saturated carbocycles. The van der Waals surface area contributed by atoms with Crippen molar-refractivity contribution in [2.75, 3.05) is 0 Å². The number of nitrogens with one attached hydrogen (secondary N) is 1. The highest BCUT2D eigenvalue weighted by molar-refractivity contribution is 5.98. The first-order valence-electron chi connectivity index (χ1n) is 8.02. The molecule has 0 bridgehead atoms. The number of hydrogen-bond donors (Lipinski definition) is 1. The molecule has 126 valence electrons. The van der Waals surface area contributed by atoms with E-state index in [-0.39, 0.29) is 36.4 Å². The number of Topliss-reactive ketones (excluding diaryl/α,β-unsaturated/α-hetero) is 1. The van der Waals surface area contributed by atoms with E-state index in [4.69, 9.17) is 0 Å². The summed E-state index contributed by atoms with van der Waals surface area (Å²) >= 11 is 0. The smallest absolute Gasteiger partial charge is 0.220 e. The molecule has 2 aromatic rings. The summed E-state index contributed by atoms with van der Waals surface area (Å²) in [6.07, 6.45) is 0.307. The third kappa shape index (κ3) is 4.75. The molecule has 1 atom stereocenters. The summed E-state index contributed by atoms with van der Waals surface area (Å²) in [4.78, 5) is 24.2. The highest BCUT2D eigenvalue weighted by Gasteiger charge is 2.13. The molecule has 0 aromatic heterocycles. The van der Waals surface area contributed by atoms with Gasteiger partial charge in [0.15, 0.2) is 5.78 Å². The van der Waals surface area contributed by atoms with Crippen LogP contribution in [0.5, 0.6) is 0 Å². The standard InChI is InChI=1S/C20H22FNO2/c1-13-4-5-17(12-14(13)2)19(23)10-11-20(24)22-15(3)16-6-8-18(21)9-7-16/h4-9,12,15H,10-11H2,1-3H3,(H,22,24)/t15-/m0/s1. The maximum Gasteiger partial charge on any atom is 0.220 e. The van der Waals surface area contributed by atoms with Crippen LogP contribution in [0.2, 0.25) is 0 Å². The Hall–Kier alpha value is -2.49. The molecule has 0 unspecified atom stereocenters. The predicted molar refractivity (Wildman–Crippen MR) is 92.4 cm³/mol. The second-order valence-electron chi connectivity index (χ2n) is 6.06. The van der Waals surface area contributed by atoms with Gasteiger partial charge in [0, 0.05) is 18.4 Å². The van der Waals surface area contributed by atoms with Crippen molar-refractivity contribution in [2.24, 2.45) is 0 Å². The first-order chi connectivity index (χ1) is 11.4. The summed E-state index contributed by atoms with van der Waals surface area (Å²) in [6, 6.07) is 11.3. The Kier molecular flexibility index (Phi) is 5.85. The molecule has 2 aromatic carbocycles. The minimum atomic E-state index is -0.309. The molecule has 1 N–H and O–H groups in total. The Morgan fingerprint density at radius 2 is 1.67 bits per heavy atom. The first kappa shape index (κ1) is 17.9. The summed E-state index contributed by atoms with van der Waals surface area (Å²) in [7, 11) is 0. The number of rotatable bonds is 6. The number of carbonyl (C=O) groups is 2. The highest BCUT2D eigenvalue weighted by Crippen LogP contribution is 2.15. The molecule has 0 heterocycles. The molecule has 0 fully saturated rings. The van der Waals surface area contributed by atoms with Gasteiger partial charge in [-0.1, -0.05) is 24.3 Å². The van der Waals surface area contributed by atoms with E-state index in [2.05, 4.69) is 5.32 Å². The van der Waals surface area contributed by atoms with E-state index in [1.165, 1.54) is 12.1 Å². The molecular formula is C20H22FNO2. The number of hydrogen-bond acceptors (Lipinski definition) is 2. The molecule has 2 rings (SSSR count). The third-order valence-corrected chi connectivity index (χ3v) is 4.16. The summed E-state index contributed by atoms with van der Waals surface area (Å²) in [6.45, 7) is 5.79. The van der Waals surface area contributed by atoms with E-state index >= 15 is 0 Å². The van der Waals surface area contributed by atoms with Crippen LogP contribution in [0, 0.1) is 19.7 Å². The van der Waals surface area contributed by atoms with Gasteiger partial charge < -0.3 is 5.32 Å². The van der Waals surface area contributed by atoms with Crippen LogP contribution in [0.4, 0.5) is 4.39 Å². The number of benzene rings is 2. The molecule has 0 spiro atoms. The fourth-order valence-corrected chi connectivity index (χ4v) is 2.43. The van der Waals surface area contributed by atoms with Gasteiger partial charge in [-0.3, -0.25) is 9.59 Å². The maximum atomic E-state index is 12.9. The molecular weight excluding hydrogens is 305 g/mol. The topological polar surface area (TPSA) is 46.2 Å². The van der Waals surface area contributed by atoms with E-state index in [0.717, 1.165) is 16.7 Å². The third-order valence-electron chi connectivity index (χ3n) is 4.16. The van der Waals surface area contributed by atoms with E-state index in [1.807, 2.05) is 32.9 Å². The Balaban J connectivity index is 1.87. The number of carbonyl (C=O) groups excluding carboxylic acids is 2. The van der Waals surface area contributed by atoms with Gasteiger partial charge in [0.1, 0.15) is 5.82 Å². The van der Waals surface area contributed by atoms with Gasteiger partial charge in [0.25, 0.3) is 0 Å². The van der Waals surface area contributed by atoms with E-state index in [9.17, 15) is 14.0 Å². The summed E-state index contributed by atoms with van der Waals surface area (Å²) < 4.78 is 12.9. The number of halogens is 1. The molecule has 0 saturated heterocycles. The Bertz CT molecular complexity index is 738. The van der Waals surface area contributed by atoms with Crippen LogP contribution in [0.15, 0.2) is 42.5 Å². The lowest BCUT2D eigenvalue weighted by molar-refractivity contribution is -0.121. The first-order valence-corrected chi connectivity index (χ1v) is 8.02. The van der Waals surface area contributed by atoms with Crippen molar-refractivity contribution in [1.29, 1.82) is 0 Å². The van der Waals surface area contributed by atoms with Crippen molar-refractivity contribution >= 4 is 11.7 Å². The van der Waals surface area contributed by atoms with Crippen LogP contribution in [-0.4, -0.2) is 11.7 Å². The van der Waals surface area contributed by atoms with Crippen LogP contribution >= 0.6 is 0 Å². The van der Waals surface area contributed by atoms with Crippen LogP contribution < -0.4 is 5.32 Å². The average Bonchev–Trinajstić information content (AvgIpc) is 2.55. The van der Waals surface area contributed by atoms with Crippen molar-refractivity contribution in [3.05, 3.63) is 70.5 Å². The van der Waals surface area contributed by atoms with Gasteiger partial charge >= 0.3 is 0 Å². The molecule has 0 aliphatic heterocycles. The second-order valence-corrected chi connectivity index (χ2v) is 6.06. The van der Waals surface area contributed by atoms with E-state index in [1.54, 1.807) is 18.2 Å². The van der Waals surface area contributed by atoms with Gasteiger partial charge in [-0.25, -0.2) is 4.39 Å². The van der Waals surface area contributed by atoms with E-state index in [0.29, 0.717) is 5.56 Å². The van der Waals surface area contributed by atoms with Crippen molar-refractivity contribution < 1.29 is 14.0 Å². The Morgan fingerprint density at radius 3 is 2.29 bits per heavy atom. The molecule has 0 aliphatic rings. The van der Waals surface area contributed by atoms with E-state index < -0.39 is 0 Å². The summed E-state index contributed by atoms with van der Waals surface area (Å²) in [5, 5.41) is 2.83. The molecule has 4 heteroatoms. The molecule has 24 heavy (non-hydrogen) atoms. The average molecular weight is 327 g/mol. The van der Waals surface area contributed by atoms with Gasteiger partial charge in [-0.15, -0.1) is 0 Å². The molecule has 3 nitrogen and oxygen atoms in total. The predicted octanol–water partition coefficient (Wildman–Crippen LogP) is 4.28. The minimum Gasteiger partial charge on any atom is -0.350 e. The Morgan fingerprint density at radius 1 is 1.00 bits per heavy atom. The molecule has 1 amide bonds. The largest absolute Gasteiger partial charge is 0.350 e. The number of ketones is 1. The molecule has 0 aliphatic carbocycles. The van der Waals surface area contributed by atoms with Gasteiger partial charge in [-0.05, 0) is 55.7 Å². The van der Waals surface area contributed by atoms with Crippen molar-refractivity contribution in [3.8, 4) is 0 Å². The summed E-state index contributed by atoms with van der Waals surface area (Å²) in [5.74, 6) is -0.539. The highest BCUT2D eigenvalue weighted by atomic mass is 19.1. The SMILES string of the molecule is Cc1ccc(C(=O)CCC(=O)N[C@@H](C)c2ccc(F)cc2)cc1C. The number of amides is 1. The maximum absolute atomic E-state index is 12.9. The zero-order chi connectivity index (χ0) is 17.7. The fourth-order valence-electron chi connectivity index (χ4n) is 2.43. The quantitative estimate of drug-likeness (QED) is 0.805. The fraction of sp³-hybridized carbons (Fsp3) is 0.300.